The van der Waals surface area contributed by atoms with Gasteiger partial charge in [0.25, 0.3) is 0 Å². The second-order valence-corrected chi connectivity index (χ2v) is 5.83. The van der Waals surface area contributed by atoms with Crippen molar-refractivity contribution in [1.29, 1.82) is 0 Å². The van der Waals surface area contributed by atoms with E-state index in [-0.39, 0.29) is 17.7 Å². The van der Waals surface area contributed by atoms with Crippen molar-refractivity contribution in [3.05, 3.63) is 0 Å². The zero-order valence-corrected chi connectivity index (χ0v) is 13.5. The molecule has 4 nitrogen and oxygen atoms in total. The molecule has 0 spiro atoms. The molecule has 4 heteroatoms. The van der Waals surface area contributed by atoms with Gasteiger partial charge in [0.05, 0.1) is 5.92 Å². The van der Waals surface area contributed by atoms with Gasteiger partial charge >= 0.3 is 0 Å². The maximum atomic E-state index is 12.6. The van der Waals surface area contributed by atoms with Crippen molar-refractivity contribution in [2.45, 2.75) is 65.3 Å². The zero-order valence-electron chi connectivity index (χ0n) is 13.5. The van der Waals surface area contributed by atoms with Gasteiger partial charge in [0.15, 0.2) is 0 Å². The van der Waals surface area contributed by atoms with Gasteiger partial charge in [-0.05, 0) is 25.7 Å². The molecule has 1 rings (SSSR count). The van der Waals surface area contributed by atoms with Gasteiger partial charge in [-0.25, -0.2) is 0 Å². The highest BCUT2D eigenvalue weighted by molar-refractivity contribution is 5.81. The van der Waals surface area contributed by atoms with Gasteiger partial charge in [0.1, 0.15) is 0 Å². The minimum absolute atomic E-state index is 0.00449. The molecule has 0 bridgehead atoms. The van der Waals surface area contributed by atoms with E-state index in [0.717, 1.165) is 38.6 Å². The Hall–Kier alpha value is -1.06. The first kappa shape index (κ1) is 17.0. The van der Waals surface area contributed by atoms with E-state index in [4.69, 9.17) is 0 Å². The van der Waals surface area contributed by atoms with E-state index in [1.165, 1.54) is 0 Å². The molecule has 1 saturated heterocycles. The highest BCUT2D eigenvalue weighted by Crippen LogP contribution is 2.21. The van der Waals surface area contributed by atoms with E-state index in [1.807, 2.05) is 23.8 Å². The summed E-state index contributed by atoms with van der Waals surface area (Å²) < 4.78 is 0. The van der Waals surface area contributed by atoms with E-state index in [1.54, 1.807) is 0 Å². The Kier molecular flexibility index (Phi) is 7.03. The number of nitrogens with zero attached hydrogens (tertiary/aromatic N) is 2. The predicted molar refractivity (Wildman–Crippen MR) is 81.4 cm³/mol. The van der Waals surface area contributed by atoms with Gasteiger partial charge in [-0.3, -0.25) is 9.59 Å². The third-order valence-electron chi connectivity index (χ3n) is 4.41. The van der Waals surface area contributed by atoms with Gasteiger partial charge < -0.3 is 9.80 Å². The SMILES string of the molecule is CCCC(CC)N(C)C(=O)C1CCCN(C(=O)CC)C1. The molecule has 0 aromatic rings. The van der Waals surface area contributed by atoms with E-state index >= 15 is 0 Å². The monoisotopic (exact) mass is 282 g/mol. The second kappa shape index (κ2) is 8.28. The minimum atomic E-state index is -0.00449. The molecule has 1 aliphatic rings. The molecule has 0 aromatic heterocycles. The Balaban J connectivity index is 2.63. The van der Waals surface area contributed by atoms with Crippen LogP contribution < -0.4 is 0 Å². The van der Waals surface area contributed by atoms with Gasteiger partial charge in [0, 0.05) is 32.6 Å². The molecule has 1 fully saturated rings. The number of piperidine rings is 1. The molecule has 2 atom stereocenters. The highest BCUT2D eigenvalue weighted by Gasteiger charge is 2.31. The molecule has 0 aromatic carbocycles. The third-order valence-corrected chi connectivity index (χ3v) is 4.41. The number of rotatable bonds is 6. The van der Waals surface area contributed by atoms with E-state index in [2.05, 4.69) is 13.8 Å². The highest BCUT2D eigenvalue weighted by atomic mass is 16.2. The number of carbonyl (C=O) groups is 2. The van der Waals surface area contributed by atoms with Gasteiger partial charge in [-0.1, -0.05) is 27.2 Å². The fourth-order valence-electron chi connectivity index (χ4n) is 3.10. The van der Waals surface area contributed by atoms with Crippen LogP contribution in [0.1, 0.15) is 59.3 Å². The maximum absolute atomic E-state index is 12.6. The summed E-state index contributed by atoms with van der Waals surface area (Å²) in [5, 5.41) is 0. The lowest BCUT2D eigenvalue weighted by Gasteiger charge is -2.36. The normalized spacial score (nSPS) is 20.6. The molecule has 116 valence electrons. The number of carbonyl (C=O) groups excluding carboxylic acids is 2. The third kappa shape index (κ3) is 4.22. The van der Waals surface area contributed by atoms with Crippen molar-refractivity contribution in [3.63, 3.8) is 0 Å². The van der Waals surface area contributed by atoms with Gasteiger partial charge in [-0.15, -0.1) is 0 Å². The van der Waals surface area contributed by atoms with Crippen LogP contribution in [0, 0.1) is 5.92 Å². The van der Waals surface area contributed by atoms with Crippen molar-refractivity contribution in [2.24, 2.45) is 5.92 Å². The molecule has 0 saturated carbocycles. The summed E-state index contributed by atoms with van der Waals surface area (Å²) in [6.07, 6.45) is 5.55. The van der Waals surface area contributed by atoms with Crippen LogP contribution in [-0.4, -0.2) is 47.8 Å². The van der Waals surface area contributed by atoms with E-state index in [0.29, 0.717) is 19.0 Å². The minimum Gasteiger partial charge on any atom is -0.342 e. The molecule has 2 amide bonds. The van der Waals surface area contributed by atoms with Crippen LogP contribution in [0.5, 0.6) is 0 Å². The van der Waals surface area contributed by atoms with E-state index < -0.39 is 0 Å². The van der Waals surface area contributed by atoms with Crippen molar-refractivity contribution in [3.8, 4) is 0 Å². The van der Waals surface area contributed by atoms with Crippen LogP contribution in [0.4, 0.5) is 0 Å². The Morgan fingerprint density at radius 3 is 2.55 bits per heavy atom. The lowest BCUT2D eigenvalue weighted by atomic mass is 9.95. The van der Waals surface area contributed by atoms with Crippen LogP contribution >= 0.6 is 0 Å². The molecule has 0 N–H and O–H groups in total. The lowest BCUT2D eigenvalue weighted by molar-refractivity contribution is -0.141. The summed E-state index contributed by atoms with van der Waals surface area (Å²) in [7, 11) is 1.92. The number of likely N-dealkylation sites (tertiary alicyclic amines) is 1. The molecular formula is C16H30N2O2. The fourth-order valence-corrected chi connectivity index (χ4v) is 3.10. The number of amides is 2. The summed E-state index contributed by atoms with van der Waals surface area (Å²) in [5.41, 5.74) is 0. The smallest absolute Gasteiger partial charge is 0.227 e. The standard InChI is InChI=1S/C16H30N2O2/c1-5-9-14(6-2)17(4)16(20)13-10-8-11-18(12-13)15(19)7-3/h13-14H,5-12H2,1-4H3. The molecule has 0 aliphatic carbocycles. The number of hydrogen-bond acceptors (Lipinski definition) is 2. The maximum Gasteiger partial charge on any atom is 0.227 e. The largest absolute Gasteiger partial charge is 0.342 e. The predicted octanol–water partition coefficient (Wildman–Crippen LogP) is 2.67. The molecule has 20 heavy (non-hydrogen) atoms. The fraction of sp³-hybridized carbons (Fsp3) is 0.875. The molecule has 1 heterocycles. The number of hydrogen-bond donors (Lipinski definition) is 0. The summed E-state index contributed by atoms with van der Waals surface area (Å²) in [6.45, 7) is 7.60. The van der Waals surface area contributed by atoms with Crippen molar-refractivity contribution in [1.82, 2.24) is 9.80 Å². The summed E-state index contributed by atoms with van der Waals surface area (Å²) in [4.78, 5) is 28.2. The average Bonchev–Trinajstić information content (AvgIpc) is 2.50. The quantitative estimate of drug-likeness (QED) is 0.751. The summed E-state index contributed by atoms with van der Waals surface area (Å²) in [6, 6.07) is 0.338. The second-order valence-electron chi connectivity index (χ2n) is 5.83. The Bertz CT molecular complexity index is 330. The van der Waals surface area contributed by atoms with Crippen molar-refractivity contribution >= 4 is 11.8 Å². The van der Waals surface area contributed by atoms with Crippen LogP contribution in [0.3, 0.4) is 0 Å². The summed E-state index contributed by atoms with van der Waals surface area (Å²) >= 11 is 0. The molecular weight excluding hydrogens is 252 g/mol. The first-order valence-electron chi connectivity index (χ1n) is 8.09. The topological polar surface area (TPSA) is 40.6 Å². The van der Waals surface area contributed by atoms with Crippen LogP contribution in [-0.2, 0) is 9.59 Å². The van der Waals surface area contributed by atoms with Gasteiger partial charge in [-0.2, -0.15) is 0 Å². The zero-order chi connectivity index (χ0) is 15.1. The Labute approximate surface area is 123 Å². The van der Waals surface area contributed by atoms with Crippen LogP contribution in [0.25, 0.3) is 0 Å². The Morgan fingerprint density at radius 1 is 1.30 bits per heavy atom. The molecule has 0 radical (unpaired) electrons. The first-order valence-corrected chi connectivity index (χ1v) is 8.09. The van der Waals surface area contributed by atoms with Gasteiger partial charge in [0.2, 0.25) is 11.8 Å². The molecule has 2 unspecified atom stereocenters. The molecule has 1 aliphatic heterocycles. The lowest BCUT2D eigenvalue weighted by Crippen LogP contribution is -2.48. The average molecular weight is 282 g/mol. The Morgan fingerprint density at radius 2 is 2.00 bits per heavy atom. The van der Waals surface area contributed by atoms with E-state index in [9.17, 15) is 9.59 Å². The van der Waals surface area contributed by atoms with Crippen LogP contribution in [0.2, 0.25) is 0 Å². The summed E-state index contributed by atoms with van der Waals surface area (Å²) in [5.74, 6) is 0.389. The first-order chi connectivity index (χ1) is 9.54. The van der Waals surface area contributed by atoms with Crippen molar-refractivity contribution < 1.29 is 9.59 Å². The van der Waals surface area contributed by atoms with Crippen molar-refractivity contribution in [2.75, 3.05) is 20.1 Å². The van der Waals surface area contributed by atoms with Crippen LogP contribution in [0.15, 0.2) is 0 Å².